The molecule has 0 saturated heterocycles. The number of benzene rings is 1. The third-order valence-electron chi connectivity index (χ3n) is 3.45. The summed E-state index contributed by atoms with van der Waals surface area (Å²) in [5.41, 5.74) is 0.694. The Balaban J connectivity index is 2.33. The van der Waals surface area contributed by atoms with E-state index < -0.39 is 11.7 Å². The molecule has 1 heterocycles. The van der Waals surface area contributed by atoms with Crippen LogP contribution in [0.25, 0.3) is 5.69 Å². The molecule has 2 aromatic rings. The van der Waals surface area contributed by atoms with Crippen molar-refractivity contribution >= 4 is 0 Å². The number of aromatic nitrogens is 2. The van der Waals surface area contributed by atoms with Crippen LogP contribution in [0.15, 0.2) is 36.5 Å². The molecule has 1 aromatic heterocycles. The van der Waals surface area contributed by atoms with Gasteiger partial charge in [0.2, 0.25) is 0 Å². The maximum atomic E-state index is 12.7. The van der Waals surface area contributed by atoms with Gasteiger partial charge in [-0.3, -0.25) is 0 Å². The zero-order chi connectivity index (χ0) is 14.8. The minimum Gasteiger partial charge on any atom is -0.241 e. The largest absolute Gasteiger partial charge is 0.416 e. The maximum absolute atomic E-state index is 12.7. The zero-order valence-corrected chi connectivity index (χ0v) is 11.5. The lowest BCUT2D eigenvalue weighted by atomic mass is 10.0. The Bertz CT molecular complexity index is 568. The standard InChI is InChI=1S/C15H17F3N2/c1-3-11(4-2)14-8-9-20(19-14)13-7-5-6-12(10-13)15(16,17)18/h5-11H,3-4H2,1-2H3. The highest BCUT2D eigenvalue weighted by Gasteiger charge is 2.30. The molecule has 20 heavy (non-hydrogen) atoms. The van der Waals surface area contributed by atoms with Crippen LogP contribution in [-0.4, -0.2) is 9.78 Å². The fourth-order valence-electron chi connectivity index (χ4n) is 2.23. The van der Waals surface area contributed by atoms with E-state index in [-0.39, 0.29) is 0 Å². The first kappa shape index (κ1) is 14.6. The van der Waals surface area contributed by atoms with Crippen molar-refractivity contribution in [1.82, 2.24) is 9.78 Å². The molecule has 2 rings (SSSR count). The second kappa shape index (κ2) is 5.69. The topological polar surface area (TPSA) is 17.8 Å². The molecular formula is C15H17F3N2. The quantitative estimate of drug-likeness (QED) is 0.788. The monoisotopic (exact) mass is 282 g/mol. The maximum Gasteiger partial charge on any atom is 0.416 e. The highest BCUT2D eigenvalue weighted by molar-refractivity contribution is 5.36. The second-order valence-electron chi connectivity index (χ2n) is 4.75. The molecule has 0 N–H and O–H groups in total. The van der Waals surface area contributed by atoms with Gasteiger partial charge in [-0.05, 0) is 37.1 Å². The Morgan fingerprint density at radius 1 is 1.15 bits per heavy atom. The number of rotatable bonds is 4. The lowest BCUT2D eigenvalue weighted by Crippen LogP contribution is -2.06. The van der Waals surface area contributed by atoms with Crippen molar-refractivity contribution in [2.24, 2.45) is 0 Å². The Labute approximate surface area is 116 Å². The van der Waals surface area contributed by atoms with Gasteiger partial charge in [0.25, 0.3) is 0 Å². The first-order valence-corrected chi connectivity index (χ1v) is 6.69. The number of alkyl halides is 3. The van der Waals surface area contributed by atoms with Gasteiger partial charge in [0.1, 0.15) is 0 Å². The number of hydrogen-bond donors (Lipinski definition) is 0. The summed E-state index contributed by atoms with van der Waals surface area (Å²) in [5.74, 6) is 0.349. The van der Waals surface area contributed by atoms with Crippen LogP contribution in [0.5, 0.6) is 0 Å². The first-order valence-electron chi connectivity index (χ1n) is 6.69. The summed E-state index contributed by atoms with van der Waals surface area (Å²) in [5, 5.41) is 4.39. The van der Waals surface area contributed by atoms with Crippen LogP contribution in [0.2, 0.25) is 0 Å². The van der Waals surface area contributed by atoms with E-state index in [1.54, 1.807) is 12.3 Å². The van der Waals surface area contributed by atoms with Crippen LogP contribution < -0.4 is 0 Å². The van der Waals surface area contributed by atoms with Crippen molar-refractivity contribution in [1.29, 1.82) is 0 Å². The fraction of sp³-hybridized carbons (Fsp3) is 0.400. The molecule has 0 saturated carbocycles. The second-order valence-corrected chi connectivity index (χ2v) is 4.75. The molecule has 0 bridgehead atoms. The van der Waals surface area contributed by atoms with Crippen molar-refractivity contribution in [3.05, 3.63) is 47.8 Å². The summed E-state index contributed by atoms with van der Waals surface area (Å²) < 4.78 is 39.6. The van der Waals surface area contributed by atoms with Gasteiger partial charge >= 0.3 is 6.18 Å². The molecule has 0 atom stereocenters. The molecule has 0 unspecified atom stereocenters. The molecule has 108 valence electrons. The third kappa shape index (κ3) is 3.03. The normalized spacial score (nSPS) is 12.1. The van der Waals surface area contributed by atoms with E-state index in [1.165, 1.54) is 10.7 Å². The van der Waals surface area contributed by atoms with Crippen molar-refractivity contribution in [3.8, 4) is 5.69 Å². The minimum atomic E-state index is -4.33. The van der Waals surface area contributed by atoms with Crippen LogP contribution >= 0.6 is 0 Å². The number of halogens is 3. The average molecular weight is 282 g/mol. The van der Waals surface area contributed by atoms with E-state index in [2.05, 4.69) is 18.9 Å². The number of hydrogen-bond acceptors (Lipinski definition) is 1. The van der Waals surface area contributed by atoms with Gasteiger partial charge in [-0.2, -0.15) is 18.3 Å². The van der Waals surface area contributed by atoms with Gasteiger partial charge in [0.15, 0.2) is 0 Å². The molecule has 0 spiro atoms. The lowest BCUT2D eigenvalue weighted by Gasteiger charge is -2.10. The summed E-state index contributed by atoms with van der Waals surface area (Å²) in [6.07, 6.45) is -0.684. The summed E-state index contributed by atoms with van der Waals surface area (Å²) in [7, 11) is 0. The van der Waals surface area contributed by atoms with E-state index >= 15 is 0 Å². The molecule has 0 amide bonds. The summed E-state index contributed by atoms with van der Waals surface area (Å²) in [6.45, 7) is 4.16. The molecule has 0 aliphatic carbocycles. The first-order chi connectivity index (χ1) is 9.45. The summed E-state index contributed by atoms with van der Waals surface area (Å²) in [4.78, 5) is 0. The van der Waals surface area contributed by atoms with E-state index in [0.717, 1.165) is 30.7 Å². The molecule has 0 radical (unpaired) electrons. The van der Waals surface area contributed by atoms with Crippen LogP contribution in [0, 0.1) is 0 Å². The van der Waals surface area contributed by atoms with Crippen molar-refractivity contribution in [2.45, 2.75) is 38.8 Å². The molecule has 0 aliphatic rings. The Kier molecular flexibility index (Phi) is 4.16. The Morgan fingerprint density at radius 2 is 1.85 bits per heavy atom. The van der Waals surface area contributed by atoms with Crippen LogP contribution in [0.3, 0.4) is 0 Å². The number of nitrogens with zero attached hydrogens (tertiary/aromatic N) is 2. The Morgan fingerprint density at radius 3 is 2.45 bits per heavy atom. The van der Waals surface area contributed by atoms with Gasteiger partial charge in [0.05, 0.1) is 16.9 Å². The zero-order valence-electron chi connectivity index (χ0n) is 11.5. The van der Waals surface area contributed by atoms with E-state index in [0.29, 0.717) is 11.6 Å². The summed E-state index contributed by atoms with van der Waals surface area (Å²) in [6, 6.07) is 7.08. The third-order valence-corrected chi connectivity index (χ3v) is 3.45. The van der Waals surface area contributed by atoms with Crippen molar-refractivity contribution < 1.29 is 13.2 Å². The van der Waals surface area contributed by atoms with Crippen molar-refractivity contribution in [3.63, 3.8) is 0 Å². The molecule has 2 nitrogen and oxygen atoms in total. The summed E-state index contributed by atoms with van der Waals surface area (Å²) >= 11 is 0. The SMILES string of the molecule is CCC(CC)c1ccn(-c2cccc(C(F)(F)F)c2)n1. The molecular weight excluding hydrogens is 265 g/mol. The van der Waals surface area contributed by atoms with Crippen LogP contribution in [0.4, 0.5) is 13.2 Å². The van der Waals surface area contributed by atoms with E-state index in [4.69, 9.17) is 0 Å². The Hall–Kier alpha value is -1.78. The van der Waals surface area contributed by atoms with Crippen molar-refractivity contribution in [2.75, 3.05) is 0 Å². The minimum absolute atomic E-state index is 0.349. The molecule has 0 fully saturated rings. The van der Waals surface area contributed by atoms with Gasteiger partial charge in [-0.15, -0.1) is 0 Å². The fourth-order valence-corrected chi connectivity index (χ4v) is 2.23. The predicted octanol–water partition coefficient (Wildman–Crippen LogP) is 4.79. The van der Waals surface area contributed by atoms with E-state index in [9.17, 15) is 13.2 Å². The average Bonchev–Trinajstić information content (AvgIpc) is 2.89. The van der Waals surface area contributed by atoms with E-state index in [1.807, 2.05) is 6.07 Å². The molecule has 0 aliphatic heterocycles. The highest BCUT2D eigenvalue weighted by Crippen LogP contribution is 2.30. The highest BCUT2D eigenvalue weighted by atomic mass is 19.4. The van der Waals surface area contributed by atoms with Gasteiger partial charge in [0, 0.05) is 12.1 Å². The van der Waals surface area contributed by atoms with Crippen LogP contribution in [0.1, 0.15) is 43.9 Å². The molecule has 5 heteroatoms. The van der Waals surface area contributed by atoms with Gasteiger partial charge in [-0.1, -0.05) is 19.9 Å². The predicted molar refractivity (Wildman–Crippen MR) is 71.9 cm³/mol. The molecule has 1 aromatic carbocycles. The van der Waals surface area contributed by atoms with Gasteiger partial charge < -0.3 is 0 Å². The smallest absolute Gasteiger partial charge is 0.241 e. The van der Waals surface area contributed by atoms with Gasteiger partial charge in [-0.25, -0.2) is 4.68 Å². The lowest BCUT2D eigenvalue weighted by molar-refractivity contribution is -0.137. The van der Waals surface area contributed by atoms with Crippen LogP contribution in [-0.2, 0) is 6.18 Å².